The number of nitrogens with one attached hydrogen (secondary N) is 1. The van der Waals surface area contributed by atoms with E-state index < -0.39 is 0 Å². The summed E-state index contributed by atoms with van der Waals surface area (Å²) in [6, 6.07) is 13.2. The number of carbonyl (C=O) groups is 1. The van der Waals surface area contributed by atoms with Gasteiger partial charge >= 0.3 is 0 Å². The van der Waals surface area contributed by atoms with Gasteiger partial charge in [-0.3, -0.25) is 15.2 Å². The van der Waals surface area contributed by atoms with Gasteiger partial charge in [0.15, 0.2) is 0 Å². The topological polar surface area (TPSA) is 47.9 Å². The maximum atomic E-state index is 13.1. The van der Waals surface area contributed by atoms with Gasteiger partial charge in [-0.1, -0.05) is 78.0 Å². The van der Waals surface area contributed by atoms with Crippen LogP contribution < -0.4 is 10.4 Å². The number of halogens is 3. The lowest BCUT2D eigenvalue weighted by molar-refractivity contribution is -0.119. The van der Waals surface area contributed by atoms with E-state index in [9.17, 15) is 4.79 Å². The van der Waals surface area contributed by atoms with Gasteiger partial charge in [-0.05, 0) is 42.3 Å². The standard InChI is InChI=1S/C23H27BrCl2N4O/c1-4-5-6-13-29(3)28-23(31)21-15(2)22(16-7-9-17(24)10-8-16)30(27-21)20-12-11-18(25)14-19(20)26/h7-12,14-15,22H,4-6,13H2,1-3H3,(H,28,31). The largest absolute Gasteiger partial charge is 0.284 e. The summed E-state index contributed by atoms with van der Waals surface area (Å²) in [6.45, 7) is 4.97. The molecule has 8 heteroatoms. The van der Waals surface area contributed by atoms with Crippen LogP contribution in [0.5, 0.6) is 0 Å². The second-order valence-electron chi connectivity index (χ2n) is 7.78. The molecule has 0 fully saturated rings. The van der Waals surface area contributed by atoms with Crippen LogP contribution in [0.2, 0.25) is 10.0 Å². The molecule has 0 radical (unpaired) electrons. The van der Waals surface area contributed by atoms with Crippen LogP contribution in [0.1, 0.15) is 44.7 Å². The van der Waals surface area contributed by atoms with Crippen molar-refractivity contribution < 1.29 is 4.79 Å². The Hall–Kier alpha value is -1.60. The van der Waals surface area contributed by atoms with Crippen LogP contribution in [0.25, 0.3) is 0 Å². The zero-order chi connectivity index (χ0) is 22.5. The van der Waals surface area contributed by atoms with Crippen molar-refractivity contribution in [2.75, 3.05) is 18.6 Å². The van der Waals surface area contributed by atoms with E-state index in [2.05, 4.69) is 28.3 Å². The summed E-state index contributed by atoms with van der Waals surface area (Å²) in [5, 5.41) is 9.44. The molecule has 0 spiro atoms. The van der Waals surface area contributed by atoms with Crippen molar-refractivity contribution in [3.05, 3.63) is 62.5 Å². The number of carbonyl (C=O) groups excluding carboxylic acids is 1. The molecule has 0 aromatic heterocycles. The maximum Gasteiger partial charge on any atom is 0.282 e. The molecule has 2 aromatic rings. The van der Waals surface area contributed by atoms with Gasteiger partial charge < -0.3 is 0 Å². The number of hydrazine groups is 1. The van der Waals surface area contributed by atoms with Crippen molar-refractivity contribution in [2.24, 2.45) is 11.0 Å². The van der Waals surface area contributed by atoms with Crippen LogP contribution in [-0.2, 0) is 4.79 Å². The Kier molecular flexibility index (Phi) is 8.39. The third kappa shape index (κ3) is 5.80. The smallest absolute Gasteiger partial charge is 0.282 e. The van der Waals surface area contributed by atoms with E-state index in [1.54, 1.807) is 12.1 Å². The van der Waals surface area contributed by atoms with Gasteiger partial charge in [-0.15, -0.1) is 0 Å². The second-order valence-corrected chi connectivity index (χ2v) is 9.54. The van der Waals surface area contributed by atoms with Gasteiger partial charge in [0.25, 0.3) is 5.91 Å². The number of amides is 1. The SMILES string of the molecule is CCCCCN(C)NC(=O)C1=NN(c2ccc(Cl)cc2Cl)C(c2ccc(Br)cc2)C1C. The van der Waals surface area contributed by atoms with Crippen molar-refractivity contribution >= 4 is 56.4 Å². The van der Waals surface area contributed by atoms with E-state index in [1.807, 2.05) is 54.3 Å². The van der Waals surface area contributed by atoms with Crippen molar-refractivity contribution in [1.29, 1.82) is 0 Å². The molecule has 166 valence electrons. The third-order valence-corrected chi connectivity index (χ3v) is 6.44. The Morgan fingerprint density at radius 2 is 1.90 bits per heavy atom. The summed E-state index contributed by atoms with van der Waals surface area (Å²) in [4.78, 5) is 13.1. The molecule has 0 aliphatic carbocycles. The Morgan fingerprint density at radius 3 is 2.55 bits per heavy atom. The zero-order valence-corrected chi connectivity index (χ0v) is 21.0. The minimum atomic E-state index is -0.193. The average Bonchev–Trinajstić information content (AvgIpc) is 3.06. The second kappa shape index (κ2) is 10.8. The predicted molar refractivity (Wildman–Crippen MR) is 133 cm³/mol. The Bertz CT molecular complexity index is 951. The Balaban J connectivity index is 1.91. The molecular formula is C23H27BrCl2N4O. The summed E-state index contributed by atoms with van der Waals surface area (Å²) in [7, 11) is 1.88. The van der Waals surface area contributed by atoms with E-state index in [0.717, 1.165) is 35.8 Å². The lowest BCUT2D eigenvalue weighted by Crippen LogP contribution is -2.44. The van der Waals surface area contributed by atoms with Gasteiger partial charge in [0.05, 0.1) is 16.8 Å². The molecule has 5 nitrogen and oxygen atoms in total. The van der Waals surface area contributed by atoms with E-state index in [0.29, 0.717) is 21.4 Å². The molecule has 1 amide bonds. The zero-order valence-electron chi connectivity index (χ0n) is 17.9. The van der Waals surface area contributed by atoms with E-state index in [4.69, 9.17) is 28.3 Å². The van der Waals surface area contributed by atoms with E-state index >= 15 is 0 Å². The summed E-state index contributed by atoms with van der Waals surface area (Å²) >= 11 is 16.1. The first-order valence-electron chi connectivity index (χ1n) is 10.4. The molecule has 0 saturated heterocycles. The fourth-order valence-electron chi connectivity index (χ4n) is 3.73. The molecule has 31 heavy (non-hydrogen) atoms. The lowest BCUT2D eigenvalue weighted by Gasteiger charge is -2.27. The number of hydrazone groups is 1. The molecule has 1 heterocycles. The maximum absolute atomic E-state index is 13.1. The third-order valence-electron chi connectivity index (χ3n) is 5.37. The highest BCUT2D eigenvalue weighted by atomic mass is 79.9. The predicted octanol–water partition coefficient (Wildman–Crippen LogP) is 6.46. The molecule has 0 bridgehead atoms. The van der Waals surface area contributed by atoms with Crippen LogP contribution in [0, 0.1) is 5.92 Å². The average molecular weight is 526 g/mol. The summed E-state index contributed by atoms with van der Waals surface area (Å²) in [5.41, 5.74) is 5.20. The molecule has 2 atom stereocenters. The number of rotatable bonds is 8. The molecule has 3 rings (SSSR count). The Morgan fingerprint density at radius 1 is 1.19 bits per heavy atom. The number of benzene rings is 2. The molecule has 1 N–H and O–H groups in total. The first kappa shape index (κ1) is 24.1. The molecule has 0 saturated carbocycles. The fourth-order valence-corrected chi connectivity index (χ4v) is 4.49. The molecule has 1 aliphatic rings. The van der Waals surface area contributed by atoms with E-state index in [1.165, 1.54) is 0 Å². The van der Waals surface area contributed by atoms with Crippen molar-refractivity contribution in [3.8, 4) is 0 Å². The number of anilines is 1. The van der Waals surface area contributed by atoms with Crippen LogP contribution >= 0.6 is 39.1 Å². The van der Waals surface area contributed by atoms with Crippen LogP contribution in [-0.4, -0.2) is 30.2 Å². The fraction of sp³-hybridized carbons (Fsp3) is 0.391. The number of nitrogens with zero attached hydrogens (tertiary/aromatic N) is 3. The minimum Gasteiger partial charge on any atom is -0.284 e. The van der Waals surface area contributed by atoms with Gasteiger partial charge in [-0.25, -0.2) is 5.01 Å². The minimum absolute atomic E-state index is 0.142. The Labute approximate surface area is 202 Å². The first-order chi connectivity index (χ1) is 14.8. The van der Waals surface area contributed by atoms with Gasteiger partial charge in [0.2, 0.25) is 0 Å². The first-order valence-corrected chi connectivity index (χ1v) is 12.0. The highest BCUT2D eigenvalue weighted by Gasteiger charge is 2.40. The van der Waals surface area contributed by atoms with E-state index in [-0.39, 0.29) is 17.9 Å². The van der Waals surface area contributed by atoms with Crippen LogP contribution in [0.15, 0.2) is 52.0 Å². The number of hydrogen-bond donors (Lipinski definition) is 1. The summed E-state index contributed by atoms with van der Waals surface area (Å²) in [5.74, 6) is -0.335. The van der Waals surface area contributed by atoms with Crippen LogP contribution in [0.4, 0.5) is 5.69 Å². The summed E-state index contributed by atoms with van der Waals surface area (Å²) in [6.07, 6.45) is 3.30. The van der Waals surface area contributed by atoms with Crippen molar-refractivity contribution in [1.82, 2.24) is 10.4 Å². The highest BCUT2D eigenvalue weighted by molar-refractivity contribution is 9.10. The summed E-state index contributed by atoms with van der Waals surface area (Å²) < 4.78 is 0.991. The lowest BCUT2D eigenvalue weighted by atomic mass is 9.91. The van der Waals surface area contributed by atoms with Gasteiger partial charge in [0, 0.05) is 29.0 Å². The van der Waals surface area contributed by atoms with Gasteiger partial charge in [-0.2, -0.15) is 5.10 Å². The van der Waals surface area contributed by atoms with Gasteiger partial charge in [0.1, 0.15) is 5.71 Å². The quantitative estimate of drug-likeness (QED) is 0.317. The van der Waals surface area contributed by atoms with Crippen LogP contribution in [0.3, 0.4) is 0 Å². The highest BCUT2D eigenvalue weighted by Crippen LogP contribution is 2.42. The molecule has 2 aromatic carbocycles. The van der Waals surface area contributed by atoms with Crippen molar-refractivity contribution in [2.45, 2.75) is 39.2 Å². The molecule has 1 aliphatic heterocycles. The number of unbranched alkanes of at least 4 members (excludes halogenated alkanes) is 2. The molecular weight excluding hydrogens is 499 g/mol. The number of hydrogen-bond acceptors (Lipinski definition) is 4. The monoisotopic (exact) mass is 524 g/mol. The molecule has 2 unspecified atom stereocenters. The normalized spacial score (nSPS) is 18.4. The van der Waals surface area contributed by atoms with Crippen molar-refractivity contribution in [3.63, 3.8) is 0 Å².